The smallest absolute Gasteiger partial charge is 0.251 e. The van der Waals surface area contributed by atoms with E-state index in [9.17, 15) is 4.79 Å². The number of nitrogens with one attached hydrogen (secondary N) is 1. The summed E-state index contributed by atoms with van der Waals surface area (Å²) < 4.78 is 1.88. The zero-order valence-electron chi connectivity index (χ0n) is 13.9. The van der Waals surface area contributed by atoms with Gasteiger partial charge in [0.1, 0.15) is 6.04 Å². The van der Waals surface area contributed by atoms with Gasteiger partial charge in [0.2, 0.25) is 0 Å². The lowest BCUT2D eigenvalue weighted by Crippen LogP contribution is -2.31. The number of thiophene rings is 2. The fourth-order valence-corrected chi connectivity index (χ4v) is 4.29. The number of nitrogens with zero attached hydrogens (tertiary/aromatic N) is 2. The first-order valence-corrected chi connectivity index (χ1v) is 10.1. The molecule has 1 amide bonds. The molecule has 3 heterocycles. The van der Waals surface area contributed by atoms with Crippen molar-refractivity contribution >= 4 is 28.6 Å². The second-order valence-electron chi connectivity index (χ2n) is 5.82. The van der Waals surface area contributed by atoms with Crippen LogP contribution in [0.1, 0.15) is 21.3 Å². The van der Waals surface area contributed by atoms with Crippen LogP contribution in [-0.2, 0) is 0 Å². The molecule has 4 rings (SSSR count). The van der Waals surface area contributed by atoms with E-state index in [0.29, 0.717) is 12.1 Å². The monoisotopic (exact) mass is 379 g/mol. The van der Waals surface area contributed by atoms with Crippen molar-refractivity contribution in [3.05, 3.63) is 87.5 Å². The quantitative estimate of drug-likeness (QED) is 0.528. The molecule has 4 aromatic rings. The van der Waals surface area contributed by atoms with Crippen molar-refractivity contribution in [3.8, 4) is 11.1 Å². The molecule has 1 aromatic carbocycles. The minimum Gasteiger partial charge on any atom is -0.350 e. The van der Waals surface area contributed by atoms with Gasteiger partial charge in [-0.05, 0) is 57.6 Å². The molecule has 0 fully saturated rings. The summed E-state index contributed by atoms with van der Waals surface area (Å²) in [6.45, 7) is 0.493. The largest absolute Gasteiger partial charge is 0.350 e. The maximum Gasteiger partial charge on any atom is 0.251 e. The molecule has 0 radical (unpaired) electrons. The second-order valence-corrected chi connectivity index (χ2v) is 7.58. The molecule has 3 aromatic heterocycles. The summed E-state index contributed by atoms with van der Waals surface area (Å²) in [4.78, 5) is 13.7. The Kier molecular flexibility index (Phi) is 4.95. The van der Waals surface area contributed by atoms with Crippen molar-refractivity contribution in [3.63, 3.8) is 0 Å². The highest BCUT2D eigenvalue weighted by atomic mass is 32.1. The Bertz CT molecular complexity index is 909. The number of amides is 1. The van der Waals surface area contributed by atoms with Gasteiger partial charge >= 0.3 is 0 Å². The Morgan fingerprint density at radius 2 is 1.96 bits per heavy atom. The van der Waals surface area contributed by atoms with E-state index < -0.39 is 0 Å². The molecule has 26 heavy (non-hydrogen) atoms. The van der Waals surface area contributed by atoms with Crippen molar-refractivity contribution in [2.24, 2.45) is 0 Å². The molecule has 1 unspecified atom stereocenters. The number of hydrogen-bond donors (Lipinski definition) is 1. The topological polar surface area (TPSA) is 46.9 Å². The molecule has 0 spiro atoms. The average Bonchev–Trinajstić information content (AvgIpc) is 3.45. The molecule has 0 aliphatic rings. The summed E-state index contributed by atoms with van der Waals surface area (Å²) >= 11 is 3.33. The zero-order valence-corrected chi connectivity index (χ0v) is 15.5. The van der Waals surface area contributed by atoms with Gasteiger partial charge in [0.15, 0.2) is 0 Å². The first-order valence-electron chi connectivity index (χ1n) is 8.24. The lowest BCUT2D eigenvalue weighted by molar-refractivity contribution is 0.0949. The van der Waals surface area contributed by atoms with E-state index in [1.165, 1.54) is 10.4 Å². The molecule has 130 valence electrons. The van der Waals surface area contributed by atoms with Crippen LogP contribution in [0.5, 0.6) is 0 Å². The third-order valence-corrected chi connectivity index (χ3v) is 5.83. The zero-order chi connectivity index (χ0) is 17.8. The third kappa shape index (κ3) is 3.61. The van der Waals surface area contributed by atoms with Gasteiger partial charge in [-0.15, -0.1) is 11.3 Å². The SMILES string of the molecule is O=C(NCC(c1cccs1)n1cccn1)c1ccc(-c2ccsc2)cc1. The van der Waals surface area contributed by atoms with Gasteiger partial charge in [-0.1, -0.05) is 18.2 Å². The maximum absolute atomic E-state index is 12.6. The van der Waals surface area contributed by atoms with Crippen LogP contribution in [0.15, 0.2) is 77.1 Å². The van der Waals surface area contributed by atoms with Gasteiger partial charge < -0.3 is 5.32 Å². The molecule has 0 bridgehead atoms. The Morgan fingerprint density at radius 1 is 1.08 bits per heavy atom. The summed E-state index contributed by atoms with van der Waals surface area (Å²) in [5, 5.41) is 13.6. The van der Waals surface area contributed by atoms with Crippen LogP contribution in [0.4, 0.5) is 0 Å². The molecule has 4 nitrogen and oxygen atoms in total. The third-order valence-electron chi connectivity index (χ3n) is 4.17. The van der Waals surface area contributed by atoms with E-state index >= 15 is 0 Å². The Balaban J connectivity index is 1.45. The molecular formula is C20H17N3OS2. The maximum atomic E-state index is 12.6. The average molecular weight is 380 g/mol. The van der Waals surface area contributed by atoms with Crippen molar-refractivity contribution in [2.75, 3.05) is 6.54 Å². The van der Waals surface area contributed by atoms with Gasteiger partial charge in [0.05, 0.1) is 0 Å². The highest BCUT2D eigenvalue weighted by molar-refractivity contribution is 7.10. The molecule has 0 aliphatic heterocycles. The predicted molar refractivity (Wildman–Crippen MR) is 107 cm³/mol. The second kappa shape index (κ2) is 7.68. The molecular weight excluding hydrogens is 362 g/mol. The minimum absolute atomic E-state index is 0.000899. The molecule has 0 aliphatic carbocycles. The Morgan fingerprint density at radius 3 is 2.62 bits per heavy atom. The van der Waals surface area contributed by atoms with Crippen molar-refractivity contribution < 1.29 is 4.79 Å². The minimum atomic E-state index is -0.0735. The van der Waals surface area contributed by atoms with Crippen LogP contribution in [0.2, 0.25) is 0 Å². The number of aromatic nitrogens is 2. The van der Waals surface area contributed by atoms with E-state index in [1.54, 1.807) is 28.9 Å². The van der Waals surface area contributed by atoms with Crippen LogP contribution < -0.4 is 5.32 Å². The number of carbonyl (C=O) groups is 1. The van der Waals surface area contributed by atoms with Crippen LogP contribution in [-0.4, -0.2) is 22.2 Å². The Labute approximate surface area is 159 Å². The van der Waals surface area contributed by atoms with Gasteiger partial charge in [-0.2, -0.15) is 16.4 Å². The number of rotatable bonds is 6. The van der Waals surface area contributed by atoms with Crippen LogP contribution in [0, 0.1) is 0 Å². The summed E-state index contributed by atoms with van der Waals surface area (Å²) in [7, 11) is 0. The van der Waals surface area contributed by atoms with Crippen molar-refractivity contribution in [1.82, 2.24) is 15.1 Å². The highest BCUT2D eigenvalue weighted by Gasteiger charge is 2.17. The lowest BCUT2D eigenvalue weighted by atomic mass is 10.1. The summed E-state index contributed by atoms with van der Waals surface area (Å²) in [5.74, 6) is -0.0735. The molecule has 1 atom stereocenters. The molecule has 0 saturated heterocycles. The summed E-state index contributed by atoms with van der Waals surface area (Å²) in [6.07, 6.45) is 3.68. The molecule has 1 N–H and O–H groups in total. The van der Waals surface area contributed by atoms with Crippen molar-refractivity contribution in [2.45, 2.75) is 6.04 Å². The Hall–Kier alpha value is -2.70. The molecule has 6 heteroatoms. The fraction of sp³-hybridized carbons (Fsp3) is 0.100. The van der Waals surface area contributed by atoms with Gasteiger partial charge in [-0.3, -0.25) is 9.48 Å². The highest BCUT2D eigenvalue weighted by Crippen LogP contribution is 2.23. The van der Waals surface area contributed by atoms with Gasteiger partial charge in [0.25, 0.3) is 5.91 Å². The molecule has 0 saturated carbocycles. The van der Waals surface area contributed by atoms with E-state index in [-0.39, 0.29) is 11.9 Å². The van der Waals surface area contributed by atoms with E-state index in [4.69, 9.17) is 0 Å². The fourth-order valence-electron chi connectivity index (χ4n) is 2.80. The first kappa shape index (κ1) is 16.8. The van der Waals surface area contributed by atoms with E-state index in [2.05, 4.69) is 33.3 Å². The first-order chi connectivity index (χ1) is 12.8. The normalized spacial score (nSPS) is 12.0. The summed E-state index contributed by atoms with van der Waals surface area (Å²) in [6, 6.07) is 15.8. The van der Waals surface area contributed by atoms with E-state index in [1.807, 2.05) is 52.7 Å². The van der Waals surface area contributed by atoms with Gasteiger partial charge in [-0.25, -0.2) is 0 Å². The van der Waals surface area contributed by atoms with Crippen molar-refractivity contribution in [1.29, 1.82) is 0 Å². The van der Waals surface area contributed by atoms with Gasteiger partial charge in [0, 0.05) is 29.4 Å². The number of benzene rings is 1. The predicted octanol–water partition coefficient (Wildman–Crippen LogP) is 4.69. The number of hydrogen-bond acceptors (Lipinski definition) is 4. The lowest BCUT2D eigenvalue weighted by Gasteiger charge is -2.17. The summed E-state index contributed by atoms with van der Waals surface area (Å²) in [5.41, 5.74) is 2.96. The number of carbonyl (C=O) groups excluding carboxylic acids is 1. The standard InChI is InChI=1S/C20H17N3OS2/c24-20(16-6-4-15(5-7-16)17-8-12-25-14-17)21-13-18(19-3-1-11-26-19)23-10-2-9-22-23/h1-12,14,18H,13H2,(H,21,24). The van der Waals surface area contributed by atoms with Crippen LogP contribution >= 0.6 is 22.7 Å². The van der Waals surface area contributed by atoms with Crippen LogP contribution in [0.3, 0.4) is 0 Å². The van der Waals surface area contributed by atoms with Crippen LogP contribution in [0.25, 0.3) is 11.1 Å². The van der Waals surface area contributed by atoms with E-state index in [0.717, 1.165) is 5.56 Å².